The molecule has 2 nitrogen and oxygen atoms in total. The van der Waals surface area contributed by atoms with E-state index in [1.165, 1.54) is 19.1 Å². The predicted octanol–water partition coefficient (Wildman–Crippen LogP) is 1.91. The van der Waals surface area contributed by atoms with Crippen molar-refractivity contribution in [2.24, 2.45) is 5.92 Å². The summed E-state index contributed by atoms with van der Waals surface area (Å²) >= 11 is 2.13. The van der Waals surface area contributed by atoms with E-state index in [0.717, 1.165) is 16.0 Å². The van der Waals surface area contributed by atoms with Gasteiger partial charge < -0.3 is 10.7 Å². The molecule has 0 aromatic rings. The number of nitrogens with one attached hydrogen (secondary N) is 2. The molecular formula is C7H11IN2. The van der Waals surface area contributed by atoms with Crippen molar-refractivity contribution in [3.8, 4) is 0 Å². The van der Waals surface area contributed by atoms with Gasteiger partial charge in [-0.25, -0.2) is 0 Å². The zero-order chi connectivity index (χ0) is 7.40. The Balaban J connectivity index is 2.06. The van der Waals surface area contributed by atoms with Gasteiger partial charge in [0.1, 0.15) is 0 Å². The fourth-order valence-electron chi connectivity index (χ4n) is 0.687. The maximum absolute atomic E-state index is 6.87. The molecule has 0 heterocycles. The molecule has 0 atom stereocenters. The van der Waals surface area contributed by atoms with Gasteiger partial charge in [-0.2, -0.15) is 0 Å². The monoisotopic (exact) mass is 250 g/mol. The average Bonchev–Trinajstić information content (AvgIpc) is 2.71. The van der Waals surface area contributed by atoms with E-state index in [1.54, 1.807) is 0 Å². The molecule has 0 radical (unpaired) electrons. The van der Waals surface area contributed by atoms with Gasteiger partial charge in [0.25, 0.3) is 0 Å². The van der Waals surface area contributed by atoms with Crippen LogP contribution in [-0.2, 0) is 0 Å². The largest absolute Gasteiger partial charge is 0.390 e. The quantitative estimate of drug-likeness (QED) is 0.580. The Morgan fingerprint density at radius 2 is 2.40 bits per heavy atom. The van der Waals surface area contributed by atoms with Crippen molar-refractivity contribution < 1.29 is 0 Å². The Labute approximate surface area is 74.7 Å². The zero-order valence-corrected chi connectivity index (χ0v) is 7.89. The summed E-state index contributed by atoms with van der Waals surface area (Å²) in [5, 5.41) is 10.0. The molecule has 0 saturated heterocycles. The highest BCUT2D eigenvalue weighted by Gasteiger charge is 2.19. The van der Waals surface area contributed by atoms with Crippen LogP contribution in [0.1, 0.15) is 12.8 Å². The van der Waals surface area contributed by atoms with Crippen molar-refractivity contribution in [1.29, 1.82) is 5.41 Å². The van der Waals surface area contributed by atoms with Gasteiger partial charge in [0.05, 0.1) is 0 Å². The Bertz CT molecular complexity index is 150. The highest BCUT2D eigenvalue weighted by atomic mass is 127. The summed E-state index contributed by atoms with van der Waals surface area (Å²) in [6, 6.07) is 0. The van der Waals surface area contributed by atoms with E-state index in [1.807, 2.05) is 6.20 Å². The minimum atomic E-state index is 0.909. The lowest BCUT2D eigenvalue weighted by Crippen LogP contribution is -2.08. The lowest BCUT2D eigenvalue weighted by atomic mass is 10.4. The third-order valence-corrected chi connectivity index (χ3v) is 2.10. The molecule has 2 N–H and O–H groups in total. The number of hydrogen-bond acceptors (Lipinski definition) is 2. The summed E-state index contributed by atoms with van der Waals surface area (Å²) in [5.74, 6) is 0.909. The van der Waals surface area contributed by atoms with E-state index in [-0.39, 0.29) is 0 Å². The highest BCUT2D eigenvalue weighted by Crippen LogP contribution is 2.27. The predicted molar refractivity (Wildman–Crippen MR) is 51.6 cm³/mol. The first-order valence-corrected chi connectivity index (χ1v) is 4.50. The molecule has 56 valence electrons. The van der Waals surface area contributed by atoms with Gasteiger partial charge in [0, 0.05) is 22.5 Å². The summed E-state index contributed by atoms with van der Waals surface area (Å²) in [6.45, 7) is 1.08. The summed E-state index contributed by atoms with van der Waals surface area (Å²) < 4.78 is 0.957. The van der Waals surface area contributed by atoms with Crippen molar-refractivity contribution >= 4 is 28.8 Å². The van der Waals surface area contributed by atoms with E-state index < -0.39 is 0 Å². The van der Waals surface area contributed by atoms with Crippen molar-refractivity contribution in [2.45, 2.75) is 12.8 Å². The van der Waals surface area contributed by atoms with Crippen molar-refractivity contribution in [3.05, 3.63) is 9.78 Å². The molecule has 1 fully saturated rings. The van der Waals surface area contributed by atoms with Crippen molar-refractivity contribution in [2.75, 3.05) is 6.54 Å². The number of rotatable bonds is 4. The molecule has 3 heteroatoms. The molecule has 0 spiro atoms. The number of allylic oxidation sites excluding steroid dienone is 1. The van der Waals surface area contributed by atoms with Crippen LogP contribution in [0.15, 0.2) is 9.78 Å². The van der Waals surface area contributed by atoms with E-state index in [2.05, 4.69) is 27.9 Å². The normalized spacial score (nSPS) is 18.7. The van der Waals surface area contributed by atoms with Crippen molar-refractivity contribution in [1.82, 2.24) is 5.32 Å². The van der Waals surface area contributed by atoms with Gasteiger partial charge in [-0.05, 0) is 41.4 Å². The van der Waals surface area contributed by atoms with Gasteiger partial charge in [0.15, 0.2) is 0 Å². The van der Waals surface area contributed by atoms with Crippen LogP contribution in [0, 0.1) is 11.3 Å². The lowest BCUT2D eigenvalue weighted by Gasteiger charge is -1.96. The third-order valence-electron chi connectivity index (χ3n) is 1.48. The van der Waals surface area contributed by atoms with Crippen LogP contribution in [0.25, 0.3) is 0 Å². The Hall–Kier alpha value is -0.0600. The van der Waals surface area contributed by atoms with Crippen LogP contribution in [-0.4, -0.2) is 12.8 Å². The fourth-order valence-corrected chi connectivity index (χ4v) is 0.907. The summed E-state index contributed by atoms with van der Waals surface area (Å²) in [4.78, 5) is 0. The van der Waals surface area contributed by atoms with Gasteiger partial charge in [-0.1, -0.05) is 0 Å². The summed E-state index contributed by atoms with van der Waals surface area (Å²) in [5.41, 5.74) is 0. The first kappa shape index (κ1) is 8.04. The van der Waals surface area contributed by atoms with E-state index in [0.29, 0.717) is 0 Å². The minimum absolute atomic E-state index is 0.909. The second-order valence-corrected chi connectivity index (χ2v) is 3.77. The van der Waals surface area contributed by atoms with E-state index >= 15 is 0 Å². The Kier molecular flexibility index (Phi) is 3.18. The van der Waals surface area contributed by atoms with Crippen LogP contribution in [0.3, 0.4) is 0 Å². The molecule has 0 bridgehead atoms. The maximum atomic E-state index is 6.87. The van der Waals surface area contributed by atoms with Crippen LogP contribution in [0.5, 0.6) is 0 Å². The molecule has 0 aromatic carbocycles. The fraction of sp³-hybridized carbons (Fsp3) is 0.571. The van der Waals surface area contributed by atoms with E-state index in [4.69, 9.17) is 5.41 Å². The van der Waals surface area contributed by atoms with Crippen molar-refractivity contribution in [3.63, 3.8) is 0 Å². The molecule has 0 aliphatic heterocycles. The SMILES string of the molecule is N=C/C(I)=C\NCC1CC1. The zero-order valence-electron chi connectivity index (χ0n) is 5.73. The molecule has 1 aliphatic carbocycles. The Morgan fingerprint density at radius 1 is 1.70 bits per heavy atom. The molecule has 0 unspecified atom stereocenters. The molecule has 1 saturated carbocycles. The maximum Gasteiger partial charge on any atom is 0.0462 e. The summed E-state index contributed by atoms with van der Waals surface area (Å²) in [7, 11) is 0. The summed E-state index contributed by atoms with van der Waals surface area (Å²) in [6.07, 6.45) is 6.00. The minimum Gasteiger partial charge on any atom is -0.390 e. The molecular weight excluding hydrogens is 239 g/mol. The number of halogens is 1. The lowest BCUT2D eigenvalue weighted by molar-refractivity contribution is 0.747. The topological polar surface area (TPSA) is 35.9 Å². The molecule has 0 amide bonds. The molecule has 1 aliphatic rings. The first-order chi connectivity index (χ1) is 4.83. The smallest absolute Gasteiger partial charge is 0.0462 e. The highest BCUT2D eigenvalue weighted by molar-refractivity contribution is 14.1. The van der Waals surface area contributed by atoms with Gasteiger partial charge in [-0.15, -0.1) is 0 Å². The average molecular weight is 250 g/mol. The second kappa shape index (κ2) is 3.95. The van der Waals surface area contributed by atoms with Crippen LogP contribution in [0.2, 0.25) is 0 Å². The Morgan fingerprint density at radius 3 is 2.90 bits per heavy atom. The van der Waals surface area contributed by atoms with Crippen LogP contribution in [0.4, 0.5) is 0 Å². The third kappa shape index (κ3) is 3.20. The standard InChI is InChI=1S/C7H11IN2/c8-7(3-9)5-10-4-6-1-2-6/h3,5-6,9-10H,1-2,4H2/b7-5+,9-3?. The van der Waals surface area contributed by atoms with Gasteiger partial charge in [0.2, 0.25) is 0 Å². The molecule has 10 heavy (non-hydrogen) atoms. The number of hydrogen-bond donors (Lipinski definition) is 2. The van der Waals surface area contributed by atoms with Gasteiger partial charge >= 0.3 is 0 Å². The second-order valence-electron chi connectivity index (χ2n) is 2.53. The molecule has 1 rings (SSSR count). The molecule has 0 aromatic heterocycles. The first-order valence-electron chi connectivity index (χ1n) is 3.42. The van der Waals surface area contributed by atoms with Gasteiger partial charge in [-0.3, -0.25) is 0 Å². The van der Waals surface area contributed by atoms with Crippen LogP contribution < -0.4 is 5.32 Å². The van der Waals surface area contributed by atoms with Crippen LogP contribution >= 0.6 is 22.6 Å². The van der Waals surface area contributed by atoms with E-state index in [9.17, 15) is 0 Å².